The SMILES string of the molecule is [Ce].[Pt].[Pt].[Pt]. The van der Waals surface area contributed by atoms with Crippen LogP contribution in [0.3, 0.4) is 0 Å². The van der Waals surface area contributed by atoms with Crippen molar-refractivity contribution in [2.45, 2.75) is 0 Å². The van der Waals surface area contributed by atoms with Crippen LogP contribution in [0.25, 0.3) is 0 Å². The molecule has 4 heteroatoms. The van der Waals surface area contributed by atoms with Gasteiger partial charge in [-0.15, -0.1) is 0 Å². The molecule has 0 saturated carbocycles. The molecule has 0 aromatic heterocycles. The monoisotopic (exact) mass is 725 g/mol. The summed E-state index contributed by atoms with van der Waals surface area (Å²) in [5.41, 5.74) is 0. The van der Waals surface area contributed by atoms with Crippen molar-refractivity contribution in [2.75, 3.05) is 0 Å². The first-order chi connectivity index (χ1) is 0. The zero-order chi connectivity index (χ0) is 0. The molecule has 0 saturated heterocycles. The Balaban J connectivity index is 0. The molecule has 0 radical (unpaired) electrons. The zero-order valence-electron chi connectivity index (χ0n) is 1.45. The van der Waals surface area contributed by atoms with Crippen molar-refractivity contribution in [1.29, 1.82) is 0 Å². The summed E-state index contributed by atoms with van der Waals surface area (Å²) in [6.07, 6.45) is 0. The van der Waals surface area contributed by atoms with Gasteiger partial charge in [0.2, 0.25) is 0 Å². The molecule has 0 aliphatic rings. The maximum Gasteiger partial charge on any atom is 0 e. The van der Waals surface area contributed by atoms with E-state index in [1.807, 2.05) is 0 Å². The molecule has 0 bridgehead atoms. The third-order valence-electron chi connectivity index (χ3n) is 0. The molecule has 4 heavy (non-hydrogen) atoms. The second kappa shape index (κ2) is 16.1. The van der Waals surface area contributed by atoms with Crippen molar-refractivity contribution >= 4 is 0 Å². The molecule has 0 nitrogen and oxygen atoms in total. The van der Waals surface area contributed by atoms with Crippen LogP contribution in [0.1, 0.15) is 0 Å². The summed E-state index contributed by atoms with van der Waals surface area (Å²) in [6, 6.07) is 0. The zero-order valence-corrected chi connectivity index (χ0v) is 11.4. The van der Waals surface area contributed by atoms with Crippen molar-refractivity contribution in [3.63, 3.8) is 0 Å². The molecule has 34 valence electrons. The summed E-state index contributed by atoms with van der Waals surface area (Å²) in [5.74, 6) is 0. The number of hydrogen-bond donors (Lipinski definition) is 0. The van der Waals surface area contributed by atoms with Crippen LogP contribution < -0.4 is 0 Å². The molecule has 0 aromatic carbocycles. The van der Waals surface area contributed by atoms with Crippen LogP contribution >= 0.6 is 0 Å². The van der Waals surface area contributed by atoms with Gasteiger partial charge in [-0.05, 0) is 0 Å². The molecule has 0 N–H and O–H groups in total. The first-order valence-electron chi connectivity index (χ1n) is 0. The molecular formula is CePt3. The van der Waals surface area contributed by atoms with E-state index in [0.29, 0.717) is 0 Å². The Morgan fingerprint density at radius 1 is 0.500 bits per heavy atom. The van der Waals surface area contributed by atoms with Crippen LogP contribution in [0.4, 0.5) is 0 Å². The van der Waals surface area contributed by atoms with E-state index in [4.69, 9.17) is 0 Å². The maximum absolute atomic E-state index is 0. The van der Waals surface area contributed by atoms with Gasteiger partial charge < -0.3 is 0 Å². The van der Waals surface area contributed by atoms with Crippen LogP contribution in [0.2, 0.25) is 0 Å². The fourth-order valence-electron chi connectivity index (χ4n) is 0. The molecule has 0 aliphatic heterocycles. The summed E-state index contributed by atoms with van der Waals surface area (Å²) < 4.78 is 0. The Kier molecular flexibility index (Phi) is 105. The molecule has 0 aliphatic carbocycles. The fraction of sp³-hybridized carbons (Fsp3) is 0. The molecule has 0 amide bonds. The van der Waals surface area contributed by atoms with Crippen molar-refractivity contribution in [3.05, 3.63) is 0 Å². The fourth-order valence-corrected chi connectivity index (χ4v) is 0. The standard InChI is InChI=1S/Ce.3Pt. The van der Waals surface area contributed by atoms with E-state index in [9.17, 15) is 0 Å². The van der Waals surface area contributed by atoms with Gasteiger partial charge >= 0.3 is 0 Å². The Labute approximate surface area is 102 Å². The summed E-state index contributed by atoms with van der Waals surface area (Å²) in [6.45, 7) is 0. The van der Waals surface area contributed by atoms with E-state index < -0.39 is 0 Å². The summed E-state index contributed by atoms with van der Waals surface area (Å²) in [7, 11) is 0. The van der Waals surface area contributed by atoms with E-state index >= 15 is 0 Å². The minimum atomic E-state index is 0. The van der Waals surface area contributed by atoms with E-state index in [0.717, 1.165) is 0 Å². The Bertz CT molecular complexity index is 3.25. The average Bonchev–Trinajstić information content (AvgIpc) is 0. The van der Waals surface area contributed by atoms with Crippen molar-refractivity contribution in [2.24, 2.45) is 0 Å². The van der Waals surface area contributed by atoms with Crippen LogP contribution in [0.5, 0.6) is 0 Å². The third-order valence-corrected chi connectivity index (χ3v) is 0. The van der Waals surface area contributed by atoms with Gasteiger partial charge in [0.05, 0.1) is 0 Å². The summed E-state index contributed by atoms with van der Waals surface area (Å²) in [5, 5.41) is 0. The van der Waals surface area contributed by atoms with E-state index in [2.05, 4.69) is 0 Å². The van der Waals surface area contributed by atoms with E-state index in [1.165, 1.54) is 0 Å². The van der Waals surface area contributed by atoms with E-state index in [-0.39, 0.29) is 105 Å². The van der Waals surface area contributed by atoms with Crippen molar-refractivity contribution < 1.29 is 105 Å². The number of hydrogen-bond acceptors (Lipinski definition) is 0. The van der Waals surface area contributed by atoms with Crippen LogP contribution in [-0.4, -0.2) is 0 Å². The Morgan fingerprint density at radius 2 is 0.500 bits per heavy atom. The van der Waals surface area contributed by atoms with Gasteiger partial charge in [-0.3, -0.25) is 0 Å². The molecule has 0 unspecified atom stereocenters. The second-order valence-electron chi connectivity index (χ2n) is 0. The van der Waals surface area contributed by atoms with Crippen LogP contribution in [0, 0.1) is 41.7 Å². The summed E-state index contributed by atoms with van der Waals surface area (Å²) >= 11 is 0. The first-order valence-corrected chi connectivity index (χ1v) is 0. The molecular weight excluding hydrogens is 725 g/mol. The van der Waals surface area contributed by atoms with Crippen molar-refractivity contribution in [1.82, 2.24) is 0 Å². The van der Waals surface area contributed by atoms with Gasteiger partial charge in [-0.2, -0.15) is 0 Å². The summed E-state index contributed by atoms with van der Waals surface area (Å²) in [4.78, 5) is 0. The van der Waals surface area contributed by atoms with Gasteiger partial charge in [-0.1, -0.05) is 0 Å². The van der Waals surface area contributed by atoms with Crippen LogP contribution in [0.15, 0.2) is 0 Å². The molecule has 0 spiro atoms. The Morgan fingerprint density at radius 3 is 0.500 bits per heavy atom. The minimum Gasteiger partial charge on any atom is 0 e. The quantitative estimate of drug-likeness (QED) is 0.330. The second-order valence-corrected chi connectivity index (χ2v) is 0. The van der Waals surface area contributed by atoms with Gasteiger partial charge in [0.25, 0.3) is 0 Å². The predicted octanol–water partition coefficient (Wildman–Crippen LogP) is -0.00750. The topological polar surface area (TPSA) is 0 Å². The molecule has 0 aromatic rings. The van der Waals surface area contributed by atoms with Gasteiger partial charge in [0.1, 0.15) is 0 Å². The van der Waals surface area contributed by atoms with E-state index in [1.54, 1.807) is 0 Å². The largest absolute Gasteiger partial charge is 0 e. The molecule has 0 fully saturated rings. The normalized spacial score (nSPS) is 0. The van der Waals surface area contributed by atoms with Gasteiger partial charge in [-0.25, -0.2) is 0 Å². The van der Waals surface area contributed by atoms with Gasteiger partial charge in [0, 0.05) is 105 Å². The molecule has 0 rings (SSSR count). The van der Waals surface area contributed by atoms with Crippen molar-refractivity contribution in [3.8, 4) is 0 Å². The first kappa shape index (κ1) is 26.1. The Hall–Kier alpha value is 3.44. The maximum atomic E-state index is 0. The number of rotatable bonds is 0. The third kappa shape index (κ3) is 9.06. The molecule has 0 atom stereocenters. The minimum absolute atomic E-state index is 0. The van der Waals surface area contributed by atoms with Crippen LogP contribution in [-0.2, 0) is 63.2 Å². The predicted molar refractivity (Wildman–Crippen MR) is 0 cm³/mol. The van der Waals surface area contributed by atoms with Gasteiger partial charge in [0.15, 0.2) is 0 Å². The molecule has 0 heterocycles. The smallest absolute Gasteiger partial charge is 0 e. The average molecular weight is 725 g/mol.